The standard InChI is InChI=1S/C17H20N2O3/c1-17(2,3)22-16(21)19-9-4-5-12-6-7-14-13(11-12)15(20)8-10-18-14/h4-8,10-11H,9H2,1-3H3,(H,18,20)(H,19,21). The number of carbonyl (C=O) groups is 1. The second-order valence-electron chi connectivity index (χ2n) is 5.93. The molecule has 5 heteroatoms. The largest absolute Gasteiger partial charge is 0.444 e. The van der Waals surface area contributed by atoms with Crippen molar-refractivity contribution in [2.45, 2.75) is 26.4 Å². The molecule has 116 valence electrons. The summed E-state index contributed by atoms with van der Waals surface area (Å²) in [4.78, 5) is 26.3. The molecule has 0 radical (unpaired) electrons. The van der Waals surface area contributed by atoms with Gasteiger partial charge in [0, 0.05) is 29.7 Å². The molecule has 0 saturated heterocycles. The van der Waals surface area contributed by atoms with Crippen LogP contribution in [0.5, 0.6) is 0 Å². The zero-order chi connectivity index (χ0) is 16.2. The summed E-state index contributed by atoms with van der Waals surface area (Å²) in [7, 11) is 0. The Morgan fingerprint density at radius 1 is 1.32 bits per heavy atom. The monoisotopic (exact) mass is 300 g/mol. The van der Waals surface area contributed by atoms with E-state index in [1.165, 1.54) is 6.07 Å². The van der Waals surface area contributed by atoms with Gasteiger partial charge in [-0.05, 0) is 38.5 Å². The predicted molar refractivity (Wildman–Crippen MR) is 87.8 cm³/mol. The van der Waals surface area contributed by atoms with E-state index in [1.807, 2.05) is 51.1 Å². The van der Waals surface area contributed by atoms with E-state index in [4.69, 9.17) is 4.74 Å². The van der Waals surface area contributed by atoms with Gasteiger partial charge in [0.2, 0.25) is 0 Å². The number of amides is 1. The third kappa shape index (κ3) is 4.48. The first-order valence-electron chi connectivity index (χ1n) is 7.10. The second-order valence-corrected chi connectivity index (χ2v) is 5.93. The minimum atomic E-state index is -0.507. The molecule has 0 aliphatic carbocycles. The van der Waals surface area contributed by atoms with E-state index in [9.17, 15) is 9.59 Å². The zero-order valence-electron chi connectivity index (χ0n) is 13.0. The van der Waals surface area contributed by atoms with Crippen LogP contribution in [0.25, 0.3) is 17.0 Å². The number of alkyl carbamates (subject to hydrolysis) is 1. The lowest BCUT2D eigenvalue weighted by Crippen LogP contribution is -2.32. The number of carbonyl (C=O) groups excluding carboxylic acids is 1. The van der Waals surface area contributed by atoms with Crippen LogP contribution in [-0.2, 0) is 4.74 Å². The predicted octanol–water partition coefficient (Wildman–Crippen LogP) is 3.07. The first kappa shape index (κ1) is 15.8. The first-order chi connectivity index (χ1) is 10.3. The highest BCUT2D eigenvalue weighted by Gasteiger charge is 2.14. The number of hydrogen-bond acceptors (Lipinski definition) is 3. The Bertz CT molecular complexity index is 754. The fourth-order valence-electron chi connectivity index (χ4n) is 1.94. The molecule has 0 spiro atoms. The summed E-state index contributed by atoms with van der Waals surface area (Å²) in [6.45, 7) is 5.80. The van der Waals surface area contributed by atoms with Crippen LogP contribution in [0, 0.1) is 0 Å². The first-order valence-corrected chi connectivity index (χ1v) is 7.10. The van der Waals surface area contributed by atoms with Crippen molar-refractivity contribution >= 4 is 23.1 Å². The average Bonchev–Trinajstić information content (AvgIpc) is 2.42. The van der Waals surface area contributed by atoms with Crippen LogP contribution < -0.4 is 10.7 Å². The number of aromatic amines is 1. The summed E-state index contributed by atoms with van der Waals surface area (Å²) < 4.78 is 5.13. The highest BCUT2D eigenvalue weighted by Crippen LogP contribution is 2.11. The van der Waals surface area contributed by atoms with Crippen molar-refractivity contribution < 1.29 is 9.53 Å². The van der Waals surface area contributed by atoms with Crippen molar-refractivity contribution in [2.24, 2.45) is 0 Å². The summed E-state index contributed by atoms with van der Waals surface area (Å²) in [5.41, 5.74) is 1.18. The van der Waals surface area contributed by atoms with Gasteiger partial charge >= 0.3 is 6.09 Å². The topological polar surface area (TPSA) is 71.2 Å². The fourth-order valence-corrected chi connectivity index (χ4v) is 1.94. The maximum atomic E-state index is 11.8. The lowest BCUT2D eigenvalue weighted by Gasteiger charge is -2.19. The summed E-state index contributed by atoms with van der Waals surface area (Å²) >= 11 is 0. The molecule has 0 aliphatic heterocycles. The van der Waals surface area contributed by atoms with Gasteiger partial charge in [0.1, 0.15) is 5.60 Å². The van der Waals surface area contributed by atoms with Gasteiger partial charge in [-0.25, -0.2) is 4.79 Å². The van der Waals surface area contributed by atoms with Crippen LogP contribution in [0.2, 0.25) is 0 Å². The van der Waals surface area contributed by atoms with Gasteiger partial charge in [-0.1, -0.05) is 18.2 Å². The molecule has 0 unspecified atom stereocenters. The Hall–Kier alpha value is -2.56. The highest BCUT2D eigenvalue weighted by molar-refractivity contribution is 5.80. The second kappa shape index (κ2) is 6.47. The molecule has 1 aromatic heterocycles. The van der Waals surface area contributed by atoms with E-state index in [1.54, 1.807) is 6.20 Å². The van der Waals surface area contributed by atoms with E-state index in [0.29, 0.717) is 11.9 Å². The van der Waals surface area contributed by atoms with Gasteiger partial charge in [-0.2, -0.15) is 0 Å². The lowest BCUT2D eigenvalue weighted by atomic mass is 10.1. The number of aromatic nitrogens is 1. The lowest BCUT2D eigenvalue weighted by molar-refractivity contribution is 0.0534. The summed E-state index contributed by atoms with van der Waals surface area (Å²) in [5.74, 6) is 0. The van der Waals surface area contributed by atoms with Gasteiger partial charge in [0.15, 0.2) is 5.43 Å². The molecule has 1 heterocycles. The molecule has 22 heavy (non-hydrogen) atoms. The maximum Gasteiger partial charge on any atom is 0.407 e. The Balaban J connectivity index is 1.98. The summed E-state index contributed by atoms with van der Waals surface area (Å²) in [6.07, 6.45) is 4.84. The maximum absolute atomic E-state index is 11.8. The Labute approximate surface area is 129 Å². The molecule has 0 atom stereocenters. The van der Waals surface area contributed by atoms with Crippen molar-refractivity contribution in [3.63, 3.8) is 0 Å². The van der Waals surface area contributed by atoms with Crippen molar-refractivity contribution in [3.8, 4) is 0 Å². The molecule has 2 N–H and O–H groups in total. The molecule has 2 aromatic rings. The van der Waals surface area contributed by atoms with E-state index < -0.39 is 11.7 Å². The van der Waals surface area contributed by atoms with Crippen molar-refractivity contribution in [1.29, 1.82) is 0 Å². The quantitative estimate of drug-likeness (QED) is 0.915. The molecular weight excluding hydrogens is 280 g/mol. The molecule has 0 aliphatic rings. The van der Waals surface area contributed by atoms with Crippen LogP contribution in [-0.4, -0.2) is 23.2 Å². The van der Waals surface area contributed by atoms with Crippen LogP contribution in [0.15, 0.2) is 41.3 Å². The molecule has 0 saturated carbocycles. The van der Waals surface area contributed by atoms with Gasteiger partial charge in [-0.15, -0.1) is 0 Å². The number of fused-ring (bicyclic) bond motifs is 1. The minimum absolute atomic E-state index is 0.0177. The third-order valence-electron chi connectivity index (χ3n) is 2.86. The molecule has 2 rings (SSSR count). The van der Waals surface area contributed by atoms with E-state index in [0.717, 1.165) is 11.1 Å². The third-order valence-corrected chi connectivity index (χ3v) is 2.86. The van der Waals surface area contributed by atoms with E-state index in [2.05, 4.69) is 10.3 Å². The van der Waals surface area contributed by atoms with Gasteiger partial charge < -0.3 is 15.0 Å². The molecule has 1 aromatic carbocycles. The Morgan fingerprint density at radius 2 is 2.09 bits per heavy atom. The van der Waals surface area contributed by atoms with Crippen molar-refractivity contribution in [2.75, 3.05) is 6.54 Å². The SMILES string of the molecule is CC(C)(C)OC(=O)NCC=Cc1ccc2[nH]ccc(=O)c2c1. The Kier molecular flexibility index (Phi) is 4.65. The number of nitrogens with one attached hydrogen (secondary N) is 2. The number of hydrogen-bond donors (Lipinski definition) is 2. The molecule has 0 bridgehead atoms. The number of H-pyrrole nitrogens is 1. The van der Waals surface area contributed by atoms with Crippen molar-refractivity contribution in [3.05, 3.63) is 52.3 Å². The summed E-state index contributed by atoms with van der Waals surface area (Å²) in [6, 6.07) is 7.08. The highest BCUT2D eigenvalue weighted by atomic mass is 16.6. The van der Waals surface area contributed by atoms with Gasteiger partial charge in [0.25, 0.3) is 0 Å². The zero-order valence-corrected chi connectivity index (χ0v) is 13.0. The molecule has 0 fully saturated rings. The summed E-state index contributed by atoms with van der Waals surface area (Å²) in [5, 5.41) is 3.29. The normalized spacial score (nSPS) is 11.8. The smallest absolute Gasteiger partial charge is 0.407 e. The molecule has 5 nitrogen and oxygen atoms in total. The van der Waals surface area contributed by atoms with Crippen LogP contribution in [0.3, 0.4) is 0 Å². The van der Waals surface area contributed by atoms with Gasteiger partial charge in [-0.3, -0.25) is 4.79 Å². The number of pyridine rings is 1. The Morgan fingerprint density at radius 3 is 2.82 bits per heavy atom. The molecule has 1 amide bonds. The van der Waals surface area contributed by atoms with Crippen LogP contribution >= 0.6 is 0 Å². The van der Waals surface area contributed by atoms with Gasteiger partial charge in [0.05, 0.1) is 0 Å². The molecular formula is C17H20N2O3. The number of benzene rings is 1. The fraction of sp³-hybridized carbons (Fsp3) is 0.294. The van der Waals surface area contributed by atoms with E-state index >= 15 is 0 Å². The van der Waals surface area contributed by atoms with E-state index in [-0.39, 0.29) is 5.43 Å². The van der Waals surface area contributed by atoms with Crippen LogP contribution in [0.1, 0.15) is 26.3 Å². The van der Waals surface area contributed by atoms with Crippen molar-refractivity contribution in [1.82, 2.24) is 10.3 Å². The number of ether oxygens (including phenoxy) is 1. The average molecular weight is 300 g/mol. The minimum Gasteiger partial charge on any atom is -0.444 e. The van der Waals surface area contributed by atoms with Crippen LogP contribution in [0.4, 0.5) is 4.79 Å². The number of rotatable bonds is 3.